The Balaban J connectivity index is 2.49. The van der Waals surface area contributed by atoms with Gasteiger partial charge in [0.25, 0.3) is 0 Å². The zero-order valence-corrected chi connectivity index (χ0v) is 8.73. The van der Waals surface area contributed by atoms with E-state index in [9.17, 15) is 9.59 Å². The third-order valence-corrected chi connectivity index (χ3v) is 2.25. The van der Waals surface area contributed by atoms with Gasteiger partial charge in [0.1, 0.15) is 6.04 Å². The van der Waals surface area contributed by atoms with E-state index >= 15 is 0 Å². The first-order valence-electron chi connectivity index (χ1n) is 4.96. The maximum absolute atomic E-state index is 11.3. The Labute approximate surface area is 88.2 Å². The van der Waals surface area contributed by atoms with Gasteiger partial charge in [0.05, 0.1) is 19.8 Å². The van der Waals surface area contributed by atoms with E-state index in [1.54, 1.807) is 4.90 Å². The van der Waals surface area contributed by atoms with Crippen LogP contribution in [0.5, 0.6) is 0 Å². The van der Waals surface area contributed by atoms with E-state index in [0.29, 0.717) is 19.7 Å². The summed E-state index contributed by atoms with van der Waals surface area (Å²) in [5, 5.41) is 11.5. The minimum absolute atomic E-state index is 0.119. The summed E-state index contributed by atoms with van der Waals surface area (Å²) in [7, 11) is 0. The fourth-order valence-corrected chi connectivity index (χ4v) is 1.49. The van der Waals surface area contributed by atoms with Gasteiger partial charge in [-0.15, -0.1) is 0 Å². The number of nitrogens with zero attached hydrogens (tertiary/aromatic N) is 1. The van der Waals surface area contributed by atoms with E-state index < -0.39 is 12.0 Å². The zero-order chi connectivity index (χ0) is 11.3. The third kappa shape index (κ3) is 3.49. The summed E-state index contributed by atoms with van der Waals surface area (Å²) >= 11 is 0. The molecule has 1 saturated heterocycles. The molecule has 1 amide bonds. The quantitative estimate of drug-likeness (QED) is 0.624. The van der Waals surface area contributed by atoms with Crippen molar-refractivity contribution in [1.82, 2.24) is 10.2 Å². The average Bonchev–Trinajstić information content (AvgIpc) is 2.18. The molecule has 0 spiro atoms. The molecule has 86 valence electrons. The van der Waals surface area contributed by atoms with Crippen molar-refractivity contribution in [3.8, 4) is 0 Å². The van der Waals surface area contributed by atoms with Crippen LogP contribution in [0.2, 0.25) is 0 Å². The molecule has 0 aliphatic carbocycles. The molecule has 6 nitrogen and oxygen atoms in total. The third-order valence-electron chi connectivity index (χ3n) is 2.25. The monoisotopic (exact) mass is 216 g/mol. The Kier molecular flexibility index (Phi) is 4.51. The van der Waals surface area contributed by atoms with E-state index in [1.165, 1.54) is 0 Å². The summed E-state index contributed by atoms with van der Waals surface area (Å²) in [5.74, 6) is -1.09. The van der Waals surface area contributed by atoms with Crippen molar-refractivity contribution >= 4 is 11.9 Å². The van der Waals surface area contributed by atoms with Gasteiger partial charge in [-0.1, -0.05) is 0 Å². The van der Waals surface area contributed by atoms with Crippen molar-refractivity contribution in [2.24, 2.45) is 0 Å². The van der Waals surface area contributed by atoms with Crippen LogP contribution < -0.4 is 5.32 Å². The second-order valence-corrected chi connectivity index (χ2v) is 3.35. The Bertz CT molecular complexity index is 244. The minimum atomic E-state index is -0.945. The summed E-state index contributed by atoms with van der Waals surface area (Å²) < 4.78 is 5.06. The molecule has 0 aromatic carbocycles. The SMILES string of the molecule is CCNC(=O)CN1CCOCC1C(=O)O. The standard InChI is InChI=1S/C9H16N2O4/c1-2-10-8(12)5-11-3-4-15-6-7(11)9(13)14/h7H,2-6H2,1H3,(H,10,12)(H,13,14). The first-order valence-corrected chi connectivity index (χ1v) is 4.96. The molecular formula is C9H16N2O4. The molecule has 15 heavy (non-hydrogen) atoms. The molecule has 1 rings (SSSR count). The van der Waals surface area contributed by atoms with Gasteiger partial charge in [-0.25, -0.2) is 0 Å². The zero-order valence-electron chi connectivity index (χ0n) is 8.73. The van der Waals surface area contributed by atoms with Gasteiger partial charge in [-0.3, -0.25) is 14.5 Å². The fraction of sp³-hybridized carbons (Fsp3) is 0.778. The summed E-state index contributed by atoms with van der Waals surface area (Å²) in [4.78, 5) is 23.8. The summed E-state index contributed by atoms with van der Waals surface area (Å²) in [6, 6.07) is -0.707. The smallest absolute Gasteiger partial charge is 0.323 e. The summed E-state index contributed by atoms with van der Waals surface area (Å²) in [6.07, 6.45) is 0. The normalized spacial score (nSPS) is 22.3. The number of ether oxygens (including phenoxy) is 1. The van der Waals surface area contributed by atoms with Crippen LogP contribution in [0.4, 0.5) is 0 Å². The van der Waals surface area contributed by atoms with Crippen molar-refractivity contribution in [3.63, 3.8) is 0 Å². The molecule has 1 aliphatic heterocycles. The molecule has 2 N–H and O–H groups in total. The van der Waals surface area contributed by atoms with Crippen LogP contribution in [0.1, 0.15) is 6.92 Å². The van der Waals surface area contributed by atoms with Gasteiger partial charge in [-0.2, -0.15) is 0 Å². The molecule has 0 saturated carbocycles. The highest BCUT2D eigenvalue weighted by Gasteiger charge is 2.30. The van der Waals surface area contributed by atoms with Gasteiger partial charge >= 0.3 is 5.97 Å². The van der Waals surface area contributed by atoms with Crippen LogP contribution in [0.15, 0.2) is 0 Å². The van der Waals surface area contributed by atoms with Crippen molar-refractivity contribution in [2.75, 3.05) is 32.8 Å². The fourth-order valence-electron chi connectivity index (χ4n) is 1.49. The Morgan fingerprint density at radius 3 is 2.93 bits per heavy atom. The Morgan fingerprint density at radius 1 is 1.60 bits per heavy atom. The van der Waals surface area contributed by atoms with Gasteiger partial charge in [-0.05, 0) is 6.92 Å². The van der Waals surface area contributed by atoms with E-state index in [0.717, 1.165) is 0 Å². The number of rotatable bonds is 4. The molecule has 1 atom stereocenters. The second-order valence-electron chi connectivity index (χ2n) is 3.35. The first kappa shape index (κ1) is 11.9. The van der Waals surface area contributed by atoms with E-state index in [-0.39, 0.29) is 19.1 Å². The molecule has 0 bridgehead atoms. The van der Waals surface area contributed by atoms with Crippen molar-refractivity contribution in [1.29, 1.82) is 0 Å². The number of carboxylic acid groups (broad SMARTS) is 1. The number of likely N-dealkylation sites (N-methyl/N-ethyl adjacent to an activating group) is 1. The molecule has 0 aromatic rings. The lowest BCUT2D eigenvalue weighted by Crippen LogP contribution is -2.53. The topological polar surface area (TPSA) is 78.9 Å². The van der Waals surface area contributed by atoms with Crippen molar-refractivity contribution in [3.05, 3.63) is 0 Å². The number of hydrogen-bond acceptors (Lipinski definition) is 4. The van der Waals surface area contributed by atoms with Gasteiger partial charge < -0.3 is 15.2 Å². The van der Waals surface area contributed by atoms with Crippen LogP contribution in [0.25, 0.3) is 0 Å². The number of aliphatic carboxylic acids is 1. The van der Waals surface area contributed by atoms with E-state index in [2.05, 4.69) is 5.32 Å². The molecule has 6 heteroatoms. The molecule has 1 heterocycles. The van der Waals surface area contributed by atoms with Gasteiger partial charge in [0.15, 0.2) is 0 Å². The average molecular weight is 216 g/mol. The van der Waals surface area contributed by atoms with Crippen LogP contribution >= 0.6 is 0 Å². The summed E-state index contributed by atoms with van der Waals surface area (Å²) in [6.45, 7) is 3.60. The molecule has 0 aromatic heterocycles. The predicted octanol–water partition coefficient (Wildman–Crippen LogP) is -1.09. The minimum Gasteiger partial charge on any atom is -0.480 e. The molecule has 1 fully saturated rings. The van der Waals surface area contributed by atoms with Crippen LogP contribution in [0.3, 0.4) is 0 Å². The molecule has 1 aliphatic rings. The van der Waals surface area contributed by atoms with Gasteiger partial charge in [0, 0.05) is 13.1 Å². The number of morpholine rings is 1. The molecular weight excluding hydrogens is 200 g/mol. The summed E-state index contributed by atoms with van der Waals surface area (Å²) in [5.41, 5.74) is 0. The highest BCUT2D eigenvalue weighted by Crippen LogP contribution is 2.06. The first-order chi connectivity index (χ1) is 7.15. The van der Waals surface area contributed by atoms with E-state index in [1.807, 2.05) is 6.92 Å². The molecule has 1 unspecified atom stereocenters. The lowest BCUT2D eigenvalue weighted by Gasteiger charge is -2.31. The lowest BCUT2D eigenvalue weighted by atomic mass is 10.2. The Morgan fingerprint density at radius 2 is 2.33 bits per heavy atom. The highest BCUT2D eigenvalue weighted by molar-refractivity contribution is 5.80. The number of carbonyl (C=O) groups excluding carboxylic acids is 1. The maximum atomic E-state index is 11.3. The second kappa shape index (κ2) is 5.67. The number of amides is 1. The number of hydrogen-bond donors (Lipinski definition) is 2. The lowest BCUT2D eigenvalue weighted by molar-refractivity contribution is -0.150. The highest BCUT2D eigenvalue weighted by atomic mass is 16.5. The van der Waals surface area contributed by atoms with Crippen LogP contribution in [-0.4, -0.2) is 60.8 Å². The maximum Gasteiger partial charge on any atom is 0.323 e. The number of nitrogens with one attached hydrogen (secondary N) is 1. The largest absolute Gasteiger partial charge is 0.480 e. The number of carbonyl (C=O) groups is 2. The number of carboxylic acids is 1. The van der Waals surface area contributed by atoms with Gasteiger partial charge in [0.2, 0.25) is 5.91 Å². The molecule has 0 radical (unpaired) electrons. The van der Waals surface area contributed by atoms with E-state index in [4.69, 9.17) is 9.84 Å². The van der Waals surface area contributed by atoms with Crippen LogP contribution in [-0.2, 0) is 14.3 Å². The van der Waals surface area contributed by atoms with Crippen molar-refractivity contribution in [2.45, 2.75) is 13.0 Å². The van der Waals surface area contributed by atoms with Crippen LogP contribution in [0, 0.1) is 0 Å². The van der Waals surface area contributed by atoms with Crippen molar-refractivity contribution < 1.29 is 19.4 Å². The predicted molar refractivity (Wildman–Crippen MR) is 52.5 cm³/mol. The Hall–Kier alpha value is -1.14.